The molecule has 0 saturated heterocycles. The lowest BCUT2D eigenvalue weighted by molar-refractivity contribution is 0.323. The van der Waals surface area contributed by atoms with Crippen LogP contribution in [0.5, 0.6) is 0 Å². The van der Waals surface area contributed by atoms with Crippen molar-refractivity contribution >= 4 is 10.1 Å². The predicted molar refractivity (Wildman–Crippen MR) is 72.8 cm³/mol. The Hall–Kier alpha value is -0.0900. The quantitative estimate of drug-likeness (QED) is 0.505. The van der Waals surface area contributed by atoms with Crippen LogP contribution in [0.1, 0.15) is 72.6 Å². The number of unbranched alkanes of at least 4 members (excludes halogenated alkanes) is 4. The van der Waals surface area contributed by atoms with Gasteiger partial charge in [-0.25, -0.2) is 0 Å². The molecule has 0 saturated carbocycles. The van der Waals surface area contributed by atoms with Crippen LogP contribution < -0.4 is 0 Å². The zero-order valence-electron chi connectivity index (χ0n) is 11.7. The van der Waals surface area contributed by atoms with Gasteiger partial charge in [0.25, 0.3) is 10.1 Å². The average Bonchev–Trinajstić information content (AvgIpc) is 2.21. The zero-order chi connectivity index (χ0) is 13.5. The first-order valence-electron chi connectivity index (χ1n) is 6.74. The largest absolute Gasteiger partial charge is 0.285 e. The number of hydrogen-bond acceptors (Lipinski definition) is 2. The van der Waals surface area contributed by atoms with Crippen LogP contribution >= 0.6 is 0 Å². The molecule has 0 aliphatic rings. The van der Waals surface area contributed by atoms with E-state index in [-0.39, 0.29) is 5.92 Å². The Bertz CT molecular complexity index is 294. The first kappa shape index (κ1) is 16.9. The Morgan fingerprint density at radius 2 is 1.59 bits per heavy atom. The molecule has 0 aromatic heterocycles. The van der Waals surface area contributed by atoms with Crippen molar-refractivity contribution in [1.29, 1.82) is 0 Å². The second-order valence-corrected chi connectivity index (χ2v) is 7.39. The van der Waals surface area contributed by atoms with Crippen molar-refractivity contribution in [3.63, 3.8) is 0 Å². The summed E-state index contributed by atoms with van der Waals surface area (Å²) in [4.78, 5) is 0. The second-order valence-electron chi connectivity index (χ2n) is 5.39. The predicted octanol–water partition coefficient (Wildman–Crippen LogP) is 4.04. The van der Waals surface area contributed by atoms with Crippen LogP contribution in [0, 0.1) is 5.92 Å². The van der Waals surface area contributed by atoms with Gasteiger partial charge in [-0.05, 0) is 26.2 Å². The minimum absolute atomic E-state index is 0.0409. The molecule has 3 nitrogen and oxygen atoms in total. The third kappa shape index (κ3) is 5.38. The van der Waals surface area contributed by atoms with Gasteiger partial charge in [0.15, 0.2) is 0 Å². The Morgan fingerprint density at radius 1 is 1.06 bits per heavy atom. The van der Waals surface area contributed by atoms with Crippen molar-refractivity contribution in [2.75, 3.05) is 0 Å². The van der Waals surface area contributed by atoms with Crippen LogP contribution in [0.3, 0.4) is 0 Å². The van der Waals surface area contributed by atoms with Gasteiger partial charge < -0.3 is 0 Å². The Balaban J connectivity index is 4.25. The molecule has 104 valence electrons. The molecular formula is C13H28O3S. The first-order valence-corrected chi connectivity index (χ1v) is 8.18. The monoisotopic (exact) mass is 264 g/mol. The van der Waals surface area contributed by atoms with Gasteiger partial charge >= 0.3 is 0 Å². The molecule has 1 atom stereocenters. The molecule has 0 aliphatic carbocycles. The van der Waals surface area contributed by atoms with Gasteiger partial charge in [0, 0.05) is 0 Å². The van der Waals surface area contributed by atoms with E-state index in [0.29, 0.717) is 0 Å². The van der Waals surface area contributed by atoms with Gasteiger partial charge in [0.1, 0.15) is 0 Å². The summed E-state index contributed by atoms with van der Waals surface area (Å²) >= 11 is 0. The Morgan fingerprint density at radius 3 is 2.00 bits per heavy atom. The minimum atomic E-state index is -3.96. The highest BCUT2D eigenvalue weighted by Crippen LogP contribution is 2.32. The van der Waals surface area contributed by atoms with Gasteiger partial charge in [-0.1, -0.05) is 52.4 Å². The summed E-state index contributed by atoms with van der Waals surface area (Å²) < 4.78 is 30.9. The molecule has 0 rings (SSSR count). The van der Waals surface area contributed by atoms with Crippen molar-refractivity contribution in [3.05, 3.63) is 0 Å². The maximum Gasteiger partial charge on any atom is 0.270 e. The molecule has 1 N–H and O–H groups in total. The smallest absolute Gasteiger partial charge is 0.270 e. The lowest BCUT2D eigenvalue weighted by atomic mass is 9.87. The summed E-state index contributed by atoms with van der Waals surface area (Å²) in [5.41, 5.74) is 0. The fraction of sp³-hybridized carbons (Fsp3) is 1.00. The van der Waals surface area contributed by atoms with Crippen LogP contribution in [0.4, 0.5) is 0 Å². The highest BCUT2D eigenvalue weighted by Gasteiger charge is 2.39. The fourth-order valence-corrected chi connectivity index (χ4v) is 2.95. The van der Waals surface area contributed by atoms with E-state index in [1.807, 2.05) is 6.92 Å². The Kier molecular flexibility index (Phi) is 7.33. The summed E-state index contributed by atoms with van der Waals surface area (Å²) in [5.74, 6) is 0.0409. The molecule has 0 aromatic rings. The van der Waals surface area contributed by atoms with Crippen molar-refractivity contribution in [3.8, 4) is 0 Å². The number of rotatable bonds is 9. The van der Waals surface area contributed by atoms with E-state index in [4.69, 9.17) is 0 Å². The molecule has 17 heavy (non-hydrogen) atoms. The van der Waals surface area contributed by atoms with Gasteiger partial charge in [-0.3, -0.25) is 4.55 Å². The van der Waals surface area contributed by atoms with Crippen LogP contribution in [0.2, 0.25) is 0 Å². The van der Waals surface area contributed by atoms with E-state index in [1.165, 1.54) is 19.3 Å². The van der Waals surface area contributed by atoms with Gasteiger partial charge in [0.2, 0.25) is 0 Å². The lowest BCUT2D eigenvalue weighted by Gasteiger charge is -2.30. The van der Waals surface area contributed by atoms with Crippen molar-refractivity contribution < 1.29 is 13.0 Å². The summed E-state index contributed by atoms with van der Waals surface area (Å²) in [7, 11) is -3.96. The molecule has 0 fully saturated rings. The maximum atomic E-state index is 11.3. The average molecular weight is 264 g/mol. The topological polar surface area (TPSA) is 54.4 Å². The molecule has 0 amide bonds. The molecule has 0 radical (unpaired) electrons. The molecule has 4 heteroatoms. The van der Waals surface area contributed by atoms with Crippen LogP contribution in [0.25, 0.3) is 0 Å². The van der Waals surface area contributed by atoms with Crippen molar-refractivity contribution in [2.24, 2.45) is 5.92 Å². The molecule has 0 spiro atoms. The number of hydrogen-bond donors (Lipinski definition) is 1. The summed E-state index contributed by atoms with van der Waals surface area (Å²) in [6.07, 6.45) is 7.57. The second kappa shape index (κ2) is 7.37. The maximum absolute atomic E-state index is 11.3. The van der Waals surface area contributed by atoms with E-state index >= 15 is 0 Å². The van der Waals surface area contributed by atoms with Crippen LogP contribution in [-0.2, 0) is 10.1 Å². The SMILES string of the molecule is CCCCCCCC(CC)C(C)(C)S(=O)(=O)O. The molecular weight excluding hydrogens is 236 g/mol. The van der Waals surface area contributed by atoms with Crippen molar-refractivity contribution in [1.82, 2.24) is 0 Å². The van der Waals surface area contributed by atoms with E-state index < -0.39 is 14.9 Å². The minimum Gasteiger partial charge on any atom is -0.285 e. The molecule has 0 aliphatic heterocycles. The molecule has 0 aromatic carbocycles. The molecule has 0 bridgehead atoms. The van der Waals surface area contributed by atoms with Crippen LogP contribution in [-0.4, -0.2) is 17.7 Å². The first-order chi connectivity index (χ1) is 7.77. The summed E-state index contributed by atoms with van der Waals surface area (Å²) in [6, 6.07) is 0. The molecule has 1 unspecified atom stereocenters. The van der Waals surface area contributed by atoms with Gasteiger partial charge in [-0.15, -0.1) is 0 Å². The zero-order valence-corrected chi connectivity index (χ0v) is 12.5. The third-order valence-corrected chi connectivity index (χ3v) is 5.46. The van der Waals surface area contributed by atoms with Crippen molar-refractivity contribution in [2.45, 2.75) is 77.4 Å². The summed E-state index contributed by atoms with van der Waals surface area (Å²) in [5, 5.41) is 0. The highest BCUT2D eigenvalue weighted by atomic mass is 32.2. The summed E-state index contributed by atoms with van der Waals surface area (Å²) in [6.45, 7) is 7.42. The van der Waals surface area contributed by atoms with E-state index in [0.717, 1.165) is 25.7 Å². The van der Waals surface area contributed by atoms with E-state index in [1.54, 1.807) is 13.8 Å². The normalized spacial score (nSPS) is 14.9. The lowest BCUT2D eigenvalue weighted by Crippen LogP contribution is -2.39. The highest BCUT2D eigenvalue weighted by molar-refractivity contribution is 7.87. The van der Waals surface area contributed by atoms with Crippen LogP contribution in [0.15, 0.2) is 0 Å². The fourth-order valence-electron chi connectivity index (χ4n) is 2.25. The Labute approximate surface area is 107 Å². The van der Waals surface area contributed by atoms with E-state index in [9.17, 15) is 13.0 Å². The molecule has 0 heterocycles. The van der Waals surface area contributed by atoms with E-state index in [2.05, 4.69) is 6.92 Å². The third-order valence-electron chi connectivity index (χ3n) is 3.80. The van der Waals surface area contributed by atoms with Gasteiger partial charge in [-0.2, -0.15) is 8.42 Å². The standard InChI is InChI=1S/C13H28O3S/c1-5-7-8-9-10-11-12(6-2)13(3,4)17(14,15)16/h12H,5-11H2,1-4H3,(H,14,15,16). The van der Waals surface area contributed by atoms with Gasteiger partial charge in [0.05, 0.1) is 4.75 Å².